The highest BCUT2D eigenvalue weighted by Crippen LogP contribution is 2.42. The molecule has 5 heteroatoms. The average Bonchev–Trinajstić information content (AvgIpc) is 2.45. The second-order valence-electron chi connectivity index (χ2n) is 5.35. The number of methoxy groups -OCH3 is 2. The maximum Gasteiger partial charge on any atom is 0.347 e. The molecule has 21 heavy (non-hydrogen) atoms. The highest BCUT2D eigenvalue weighted by atomic mass is 16.5. The second kappa shape index (κ2) is 4.55. The molecule has 1 aliphatic rings. The fourth-order valence-electron chi connectivity index (χ4n) is 2.40. The third-order valence-corrected chi connectivity index (χ3v) is 3.42. The molecule has 0 saturated heterocycles. The molecule has 0 aliphatic carbocycles. The van der Waals surface area contributed by atoms with Gasteiger partial charge in [0.05, 0.1) is 19.6 Å². The SMILES string of the molecule is COc1ccc2c3c(c(=O)oc2c1OC)C=CC(C)(C)O3. The summed E-state index contributed by atoms with van der Waals surface area (Å²) in [4.78, 5) is 12.2. The van der Waals surface area contributed by atoms with E-state index in [0.29, 0.717) is 33.8 Å². The van der Waals surface area contributed by atoms with Gasteiger partial charge in [-0.15, -0.1) is 0 Å². The Kier molecular flexibility index (Phi) is 2.93. The summed E-state index contributed by atoms with van der Waals surface area (Å²) < 4.78 is 21.9. The number of hydrogen-bond donors (Lipinski definition) is 0. The van der Waals surface area contributed by atoms with E-state index in [1.165, 1.54) is 14.2 Å². The largest absolute Gasteiger partial charge is 0.493 e. The molecule has 0 unspecified atom stereocenters. The zero-order valence-corrected chi connectivity index (χ0v) is 12.4. The number of rotatable bonds is 2. The molecule has 3 rings (SSSR count). The quantitative estimate of drug-likeness (QED) is 0.795. The van der Waals surface area contributed by atoms with Crippen LogP contribution in [0.15, 0.2) is 27.4 Å². The molecule has 0 bridgehead atoms. The second-order valence-corrected chi connectivity index (χ2v) is 5.35. The first-order chi connectivity index (χ1) is 9.96. The zero-order chi connectivity index (χ0) is 15.2. The number of ether oxygens (including phenoxy) is 3. The first kappa shape index (κ1) is 13.5. The Balaban J connectivity index is 2.40. The summed E-state index contributed by atoms with van der Waals surface area (Å²) in [5.41, 5.74) is -0.211. The van der Waals surface area contributed by atoms with Gasteiger partial charge in [0.2, 0.25) is 5.75 Å². The molecule has 0 radical (unpaired) electrons. The Morgan fingerprint density at radius 3 is 2.57 bits per heavy atom. The molecule has 1 aromatic carbocycles. The zero-order valence-electron chi connectivity index (χ0n) is 12.4. The van der Waals surface area contributed by atoms with Crippen LogP contribution in [0.4, 0.5) is 0 Å². The maximum atomic E-state index is 12.2. The smallest absolute Gasteiger partial charge is 0.347 e. The molecular weight excluding hydrogens is 272 g/mol. The topological polar surface area (TPSA) is 57.9 Å². The summed E-state index contributed by atoms with van der Waals surface area (Å²) in [6, 6.07) is 3.56. The summed E-state index contributed by atoms with van der Waals surface area (Å²) in [5.74, 6) is 1.39. The Morgan fingerprint density at radius 2 is 1.90 bits per heavy atom. The predicted octanol–water partition coefficient (Wildman–Crippen LogP) is 2.99. The number of benzene rings is 1. The van der Waals surface area contributed by atoms with E-state index in [4.69, 9.17) is 18.6 Å². The molecule has 5 nitrogen and oxygen atoms in total. The van der Waals surface area contributed by atoms with Gasteiger partial charge in [-0.05, 0) is 38.1 Å². The predicted molar refractivity (Wildman–Crippen MR) is 79.3 cm³/mol. The van der Waals surface area contributed by atoms with Gasteiger partial charge in [-0.25, -0.2) is 4.79 Å². The first-order valence-corrected chi connectivity index (χ1v) is 6.57. The first-order valence-electron chi connectivity index (χ1n) is 6.57. The van der Waals surface area contributed by atoms with Crippen LogP contribution in [0, 0.1) is 0 Å². The third-order valence-electron chi connectivity index (χ3n) is 3.42. The van der Waals surface area contributed by atoms with Crippen molar-refractivity contribution < 1.29 is 18.6 Å². The molecule has 0 N–H and O–H groups in total. The normalized spacial score (nSPS) is 15.4. The van der Waals surface area contributed by atoms with Crippen molar-refractivity contribution in [3.8, 4) is 17.2 Å². The Labute approximate surface area is 121 Å². The van der Waals surface area contributed by atoms with Crippen molar-refractivity contribution in [2.24, 2.45) is 0 Å². The van der Waals surface area contributed by atoms with Gasteiger partial charge in [0.25, 0.3) is 0 Å². The van der Waals surface area contributed by atoms with E-state index in [0.717, 1.165) is 0 Å². The summed E-state index contributed by atoms with van der Waals surface area (Å²) in [6.45, 7) is 3.85. The van der Waals surface area contributed by atoms with Gasteiger partial charge in [-0.3, -0.25) is 0 Å². The van der Waals surface area contributed by atoms with Crippen LogP contribution in [-0.2, 0) is 0 Å². The minimum absolute atomic E-state index is 0.326. The highest BCUT2D eigenvalue weighted by Gasteiger charge is 2.28. The summed E-state index contributed by atoms with van der Waals surface area (Å²) in [5, 5.41) is 0.680. The van der Waals surface area contributed by atoms with E-state index < -0.39 is 11.2 Å². The molecule has 1 aromatic heterocycles. The summed E-state index contributed by atoms with van der Waals surface area (Å²) >= 11 is 0. The number of fused-ring (bicyclic) bond motifs is 3. The molecule has 0 spiro atoms. The number of hydrogen-bond acceptors (Lipinski definition) is 5. The van der Waals surface area contributed by atoms with Crippen molar-refractivity contribution in [3.05, 3.63) is 34.2 Å². The van der Waals surface area contributed by atoms with Crippen LogP contribution in [0.2, 0.25) is 0 Å². The van der Waals surface area contributed by atoms with Crippen LogP contribution in [0.1, 0.15) is 19.4 Å². The summed E-state index contributed by atoms with van der Waals surface area (Å²) in [7, 11) is 3.03. The van der Waals surface area contributed by atoms with Crippen molar-refractivity contribution in [1.29, 1.82) is 0 Å². The standard InChI is InChI=1S/C16H16O5/c1-16(2)8-7-10-12(21-16)9-5-6-11(18-3)14(19-4)13(9)20-15(10)17/h5-8H,1-4H3. The van der Waals surface area contributed by atoms with Crippen LogP contribution in [-0.4, -0.2) is 19.8 Å². The minimum Gasteiger partial charge on any atom is -0.493 e. The van der Waals surface area contributed by atoms with Crippen LogP contribution < -0.4 is 19.8 Å². The highest BCUT2D eigenvalue weighted by molar-refractivity contribution is 5.93. The Morgan fingerprint density at radius 1 is 1.14 bits per heavy atom. The monoisotopic (exact) mass is 288 g/mol. The van der Waals surface area contributed by atoms with E-state index in [1.807, 2.05) is 19.9 Å². The van der Waals surface area contributed by atoms with Gasteiger partial charge < -0.3 is 18.6 Å². The maximum absolute atomic E-state index is 12.2. The van der Waals surface area contributed by atoms with E-state index in [9.17, 15) is 4.79 Å². The molecule has 0 atom stereocenters. The minimum atomic E-state index is -0.485. The Hall–Kier alpha value is -2.43. The van der Waals surface area contributed by atoms with Crippen molar-refractivity contribution in [1.82, 2.24) is 0 Å². The lowest BCUT2D eigenvalue weighted by atomic mass is 10.0. The van der Waals surface area contributed by atoms with Crippen molar-refractivity contribution >= 4 is 17.0 Å². The fourth-order valence-corrected chi connectivity index (χ4v) is 2.40. The van der Waals surface area contributed by atoms with E-state index in [2.05, 4.69) is 0 Å². The third kappa shape index (κ3) is 2.05. The molecule has 2 aromatic rings. The molecule has 2 heterocycles. The average molecular weight is 288 g/mol. The lowest BCUT2D eigenvalue weighted by molar-refractivity contribution is 0.160. The lowest BCUT2D eigenvalue weighted by Gasteiger charge is -2.28. The van der Waals surface area contributed by atoms with Crippen LogP contribution in [0.3, 0.4) is 0 Å². The van der Waals surface area contributed by atoms with Crippen molar-refractivity contribution in [2.45, 2.75) is 19.4 Å². The molecule has 0 saturated carbocycles. The molecular formula is C16H16O5. The van der Waals surface area contributed by atoms with Crippen molar-refractivity contribution in [3.63, 3.8) is 0 Å². The van der Waals surface area contributed by atoms with Gasteiger partial charge >= 0.3 is 5.63 Å². The van der Waals surface area contributed by atoms with Crippen molar-refractivity contribution in [2.75, 3.05) is 14.2 Å². The Bertz CT molecular complexity index is 798. The van der Waals surface area contributed by atoms with Gasteiger partial charge in [0.1, 0.15) is 16.9 Å². The van der Waals surface area contributed by atoms with Crippen LogP contribution in [0.25, 0.3) is 17.0 Å². The summed E-state index contributed by atoms with van der Waals surface area (Å²) in [6.07, 6.45) is 3.57. The molecule has 110 valence electrons. The van der Waals surface area contributed by atoms with Gasteiger partial charge in [-0.1, -0.05) is 0 Å². The van der Waals surface area contributed by atoms with Gasteiger partial charge in [0, 0.05) is 0 Å². The lowest BCUT2D eigenvalue weighted by Crippen LogP contribution is -2.29. The van der Waals surface area contributed by atoms with E-state index >= 15 is 0 Å². The van der Waals surface area contributed by atoms with Crippen LogP contribution >= 0.6 is 0 Å². The van der Waals surface area contributed by atoms with Crippen LogP contribution in [0.5, 0.6) is 17.2 Å². The fraction of sp³-hybridized carbons (Fsp3) is 0.312. The molecule has 0 fully saturated rings. The van der Waals surface area contributed by atoms with Gasteiger partial charge in [-0.2, -0.15) is 0 Å². The van der Waals surface area contributed by atoms with E-state index in [1.54, 1.807) is 18.2 Å². The van der Waals surface area contributed by atoms with E-state index in [-0.39, 0.29) is 0 Å². The van der Waals surface area contributed by atoms with Gasteiger partial charge in [0.15, 0.2) is 11.3 Å². The molecule has 1 aliphatic heterocycles. The molecule has 0 amide bonds.